The van der Waals surface area contributed by atoms with Crippen molar-refractivity contribution in [1.29, 1.82) is 0 Å². The molecule has 196 valence electrons. The molecule has 2 aliphatic rings. The molecule has 0 saturated heterocycles. The summed E-state index contributed by atoms with van der Waals surface area (Å²) in [6.07, 6.45) is 6.45. The number of phenolic OH excluding ortho intramolecular Hbond substituents is 1. The lowest BCUT2D eigenvalue weighted by molar-refractivity contribution is -0.135. The molecule has 0 amide bonds. The van der Waals surface area contributed by atoms with Crippen molar-refractivity contribution in [2.75, 3.05) is 14.2 Å². The molecule has 2 aliphatic heterocycles. The first-order valence-electron chi connectivity index (χ1n) is 12.5. The molecule has 0 saturated carbocycles. The van der Waals surface area contributed by atoms with Gasteiger partial charge in [0, 0.05) is 29.9 Å². The maximum Gasteiger partial charge on any atom is 0.342 e. The number of aromatic hydroxyl groups is 1. The number of Topliss-reactive ketones (excluding diaryl/α,β-unsaturated/α-hetero) is 1. The van der Waals surface area contributed by atoms with E-state index in [0.29, 0.717) is 66.7 Å². The fourth-order valence-corrected chi connectivity index (χ4v) is 4.90. The van der Waals surface area contributed by atoms with Gasteiger partial charge in [0.15, 0.2) is 0 Å². The number of carbonyl (C=O) groups excluding carboxylic acids is 3. The van der Waals surface area contributed by atoms with Crippen LogP contribution in [0.15, 0.2) is 30.3 Å². The molecule has 0 aliphatic carbocycles. The second kappa shape index (κ2) is 11.5. The van der Waals surface area contributed by atoms with E-state index in [1.165, 1.54) is 14.2 Å². The number of fused-ring (bicyclic) bond motifs is 2. The molecule has 4 rings (SSSR count). The fraction of sp³-hybridized carbons (Fsp3) is 0.414. The first-order chi connectivity index (χ1) is 17.8. The van der Waals surface area contributed by atoms with Crippen LogP contribution in [0.4, 0.5) is 0 Å². The molecule has 0 spiro atoms. The van der Waals surface area contributed by atoms with E-state index in [0.717, 1.165) is 0 Å². The molecule has 8 nitrogen and oxygen atoms in total. The van der Waals surface area contributed by atoms with Gasteiger partial charge >= 0.3 is 11.9 Å². The van der Waals surface area contributed by atoms with E-state index in [2.05, 4.69) is 0 Å². The van der Waals surface area contributed by atoms with Gasteiger partial charge in [-0.3, -0.25) is 9.59 Å². The highest BCUT2D eigenvalue weighted by Gasteiger charge is 2.37. The number of hydrogen-bond acceptors (Lipinski definition) is 8. The highest BCUT2D eigenvalue weighted by Crippen LogP contribution is 2.49. The summed E-state index contributed by atoms with van der Waals surface area (Å²) in [5.41, 5.74) is 1.33. The van der Waals surface area contributed by atoms with E-state index >= 15 is 0 Å². The van der Waals surface area contributed by atoms with Crippen LogP contribution in [0.25, 0.3) is 6.08 Å². The molecular weight excluding hydrogens is 476 g/mol. The summed E-state index contributed by atoms with van der Waals surface area (Å²) in [6, 6.07) is 6.80. The average Bonchev–Trinajstić information content (AvgIpc) is 2.86. The number of esters is 2. The quantitative estimate of drug-likeness (QED) is 0.438. The number of benzene rings is 2. The third-order valence-electron chi connectivity index (χ3n) is 6.79. The summed E-state index contributed by atoms with van der Waals surface area (Å²) in [5, 5.41) is 11.5. The Morgan fingerprint density at radius 2 is 1.81 bits per heavy atom. The number of ketones is 1. The summed E-state index contributed by atoms with van der Waals surface area (Å²) in [7, 11) is 3.06. The Kier molecular flexibility index (Phi) is 8.16. The van der Waals surface area contributed by atoms with Gasteiger partial charge in [-0.25, -0.2) is 4.79 Å². The summed E-state index contributed by atoms with van der Waals surface area (Å²) in [4.78, 5) is 38.1. The van der Waals surface area contributed by atoms with Gasteiger partial charge in [0.1, 0.15) is 34.3 Å². The standard InChI is InChI=1S/C29H32O8/c1-17-8-7-11-19(30)10-6-4-5-9-18-14-24-27(28(32)26(18)29(33)36-17)22(16-25(31)37-24)21-15-20(34-2)12-13-23(21)35-3/h5,9,12-15,17,22,32H,4,6-8,10-11,16H2,1-3H3/b9-5+. The molecule has 0 aromatic heterocycles. The number of ether oxygens (including phenoxy) is 4. The van der Waals surface area contributed by atoms with Crippen LogP contribution >= 0.6 is 0 Å². The number of rotatable bonds is 3. The molecule has 2 heterocycles. The first kappa shape index (κ1) is 26.3. The van der Waals surface area contributed by atoms with Crippen LogP contribution in [0.2, 0.25) is 0 Å². The number of carbonyl (C=O) groups is 3. The van der Waals surface area contributed by atoms with Gasteiger partial charge in [-0.15, -0.1) is 0 Å². The van der Waals surface area contributed by atoms with E-state index in [1.54, 1.807) is 37.3 Å². The lowest BCUT2D eigenvalue weighted by Crippen LogP contribution is -2.23. The minimum Gasteiger partial charge on any atom is -0.507 e. The van der Waals surface area contributed by atoms with Gasteiger partial charge in [-0.05, 0) is 62.4 Å². The highest BCUT2D eigenvalue weighted by molar-refractivity contribution is 5.98. The van der Waals surface area contributed by atoms with Crippen LogP contribution in [-0.2, 0) is 14.3 Å². The Hall–Kier alpha value is -3.81. The van der Waals surface area contributed by atoms with Crippen molar-refractivity contribution in [3.8, 4) is 23.0 Å². The highest BCUT2D eigenvalue weighted by atomic mass is 16.5. The Bertz CT molecular complexity index is 1230. The molecule has 8 heteroatoms. The van der Waals surface area contributed by atoms with Crippen molar-refractivity contribution >= 4 is 23.8 Å². The predicted molar refractivity (Wildman–Crippen MR) is 136 cm³/mol. The second-order valence-corrected chi connectivity index (χ2v) is 9.38. The van der Waals surface area contributed by atoms with Crippen molar-refractivity contribution in [3.63, 3.8) is 0 Å². The zero-order valence-electron chi connectivity index (χ0n) is 21.4. The van der Waals surface area contributed by atoms with Crippen molar-refractivity contribution in [2.45, 2.75) is 63.9 Å². The van der Waals surface area contributed by atoms with Gasteiger partial charge in [-0.2, -0.15) is 0 Å². The minimum atomic E-state index is -0.677. The molecule has 1 N–H and O–H groups in total. The van der Waals surface area contributed by atoms with Gasteiger partial charge in [-0.1, -0.05) is 12.2 Å². The number of hydrogen-bond donors (Lipinski definition) is 1. The number of phenols is 1. The van der Waals surface area contributed by atoms with E-state index in [1.807, 2.05) is 6.08 Å². The smallest absolute Gasteiger partial charge is 0.342 e. The Balaban J connectivity index is 1.85. The van der Waals surface area contributed by atoms with Crippen molar-refractivity contribution in [3.05, 3.63) is 52.6 Å². The van der Waals surface area contributed by atoms with Crippen LogP contribution in [0, 0.1) is 0 Å². The average molecular weight is 509 g/mol. The molecule has 0 fully saturated rings. The molecule has 0 radical (unpaired) electrons. The van der Waals surface area contributed by atoms with Gasteiger partial charge in [0.25, 0.3) is 0 Å². The lowest BCUT2D eigenvalue weighted by atomic mass is 9.83. The fourth-order valence-electron chi connectivity index (χ4n) is 4.90. The van der Waals surface area contributed by atoms with Crippen molar-refractivity contribution in [2.24, 2.45) is 0 Å². The SMILES string of the molecule is COc1ccc(OC)c(C2CC(=O)Oc3cc4c(c(O)c32)C(=O)OC(C)CCCC(=O)CCC/C=C/4)c1. The van der Waals surface area contributed by atoms with Crippen LogP contribution < -0.4 is 14.2 Å². The number of cyclic esters (lactones) is 1. The Morgan fingerprint density at radius 1 is 1.03 bits per heavy atom. The van der Waals surface area contributed by atoms with E-state index in [-0.39, 0.29) is 29.3 Å². The monoisotopic (exact) mass is 508 g/mol. The van der Waals surface area contributed by atoms with E-state index in [4.69, 9.17) is 18.9 Å². The lowest BCUT2D eigenvalue weighted by Gasteiger charge is -2.28. The summed E-state index contributed by atoms with van der Waals surface area (Å²) >= 11 is 0. The third kappa shape index (κ3) is 5.79. The van der Waals surface area contributed by atoms with Gasteiger partial charge < -0.3 is 24.1 Å². The van der Waals surface area contributed by atoms with E-state index < -0.39 is 24.0 Å². The molecule has 2 atom stereocenters. The maximum absolute atomic E-state index is 13.4. The third-order valence-corrected chi connectivity index (χ3v) is 6.79. The summed E-state index contributed by atoms with van der Waals surface area (Å²) in [6.45, 7) is 1.77. The molecule has 2 unspecified atom stereocenters. The normalized spacial score (nSPS) is 21.5. The molecule has 2 aromatic carbocycles. The van der Waals surface area contributed by atoms with Crippen LogP contribution in [0.3, 0.4) is 0 Å². The Morgan fingerprint density at radius 3 is 2.57 bits per heavy atom. The largest absolute Gasteiger partial charge is 0.507 e. The minimum absolute atomic E-state index is 0.0137. The maximum atomic E-state index is 13.4. The summed E-state index contributed by atoms with van der Waals surface area (Å²) < 4.78 is 22.1. The molecular formula is C29H32O8. The zero-order valence-corrected chi connectivity index (χ0v) is 21.4. The topological polar surface area (TPSA) is 108 Å². The number of allylic oxidation sites excluding steroid dienone is 1. The van der Waals surface area contributed by atoms with Gasteiger partial charge in [0.2, 0.25) is 0 Å². The van der Waals surface area contributed by atoms with Crippen molar-refractivity contribution in [1.82, 2.24) is 0 Å². The van der Waals surface area contributed by atoms with E-state index in [9.17, 15) is 19.5 Å². The predicted octanol–water partition coefficient (Wildman–Crippen LogP) is 5.33. The van der Waals surface area contributed by atoms with Crippen molar-refractivity contribution < 1.29 is 38.4 Å². The van der Waals surface area contributed by atoms with Crippen LogP contribution in [-0.4, -0.2) is 43.2 Å². The molecule has 37 heavy (non-hydrogen) atoms. The molecule has 0 bridgehead atoms. The summed E-state index contributed by atoms with van der Waals surface area (Å²) in [5.74, 6) is -0.643. The number of methoxy groups -OCH3 is 2. The second-order valence-electron chi connectivity index (χ2n) is 9.38. The molecule has 2 aromatic rings. The van der Waals surface area contributed by atoms with Gasteiger partial charge in [0.05, 0.1) is 26.7 Å². The van der Waals surface area contributed by atoms with Crippen LogP contribution in [0.5, 0.6) is 23.0 Å². The zero-order chi connectivity index (χ0) is 26.5. The first-order valence-corrected chi connectivity index (χ1v) is 12.5. The van der Waals surface area contributed by atoms with Crippen LogP contribution in [0.1, 0.15) is 84.8 Å². The Labute approximate surface area is 216 Å².